The van der Waals surface area contributed by atoms with Gasteiger partial charge in [0.2, 0.25) is 11.8 Å². The summed E-state index contributed by atoms with van der Waals surface area (Å²) in [6.07, 6.45) is 2.80. The SMILES string of the molecule is CC(=O)N1c2ccc(-c3ccc(N4CCN(Cc5ccc(N6CCC(=O)NC6=O)cn5)CC4)cc3)cc2C(Nc2ccc(Cl)cc2)CC1C. The molecule has 2 N–H and O–H groups in total. The first-order chi connectivity index (χ1) is 23.7. The van der Waals surface area contributed by atoms with Gasteiger partial charge >= 0.3 is 6.03 Å². The third kappa shape index (κ3) is 7.11. The molecule has 4 aromatic rings. The van der Waals surface area contributed by atoms with Crippen LogP contribution in [0, 0.1) is 0 Å². The molecule has 0 bridgehead atoms. The van der Waals surface area contributed by atoms with Gasteiger partial charge in [-0.15, -0.1) is 0 Å². The molecule has 4 heterocycles. The summed E-state index contributed by atoms with van der Waals surface area (Å²) in [6.45, 7) is 8.50. The molecule has 3 aliphatic rings. The van der Waals surface area contributed by atoms with Gasteiger partial charge < -0.3 is 15.1 Å². The smallest absolute Gasteiger partial charge is 0.328 e. The van der Waals surface area contributed by atoms with Gasteiger partial charge in [-0.3, -0.25) is 29.7 Å². The lowest BCUT2D eigenvalue weighted by molar-refractivity contribution is -0.120. The highest BCUT2D eigenvalue weighted by Gasteiger charge is 2.33. The summed E-state index contributed by atoms with van der Waals surface area (Å²) in [5, 5.41) is 6.74. The number of carbonyl (C=O) groups is 3. The largest absolute Gasteiger partial charge is 0.378 e. The van der Waals surface area contributed by atoms with E-state index >= 15 is 0 Å². The van der Waals surface area contributed by atoms with Gasteiger partial charge in [0.25, 0.3) is 0 Å². The number of benzene rings is 3. The number of nitrogens with zero attached hydrogens (tertiary/aromatic N) is 5. The third-order valence-electron chi connectivity index (χ3n) is 9.70. The average molecular weight is 678 g/mol. The number of rotatable bonds is 7. The van der Waals surface area contributed by atoms with Gasteiger partial charge in [0.1, 0.15) is 0 Å². The van der Waals surface area contributed by atoms with E-state index in [4.69, 9.17) is 11.6 Å². The number of hydrogen-bond donors (Lipinski definition) is 2. The van der Waals surface area contributed by atoms with E-state index in [0.717, 1.165) is 72.9 Å². The third-order valence-corrected chi connectivity index (χ3v) is 9.95. The minimum Gasteiger partial charge on any atom is -0.378 e. The number of urea groups is 1. The second-order valence-corrected chi connectivity index (χ2v) is 13.5. The van der Waals surface area contributed by atoms with Crippen LogP contribution < -0.4 is 25.3 Å². The van der Waals surface area contributed by atoms with E-state index in [2.05, 4.69) is 74.8 Å². The van der Waals surface area contributed by atoms with Crippen molar-refractivity contribution >= 4 is 52.2 Å². The van der Waals surface area contributed by atoms with Gasteiger partial charge in [-0.1, -0.05) is 29.8 Å². The van der Waals surface area contributed by atoms with Crippen LogP contribution in [0.2, 0.25) is 5.02 Å². The molecule has 49 heavy (non-hydrogen) atoms. The molecule has 3 aromatic carbocycles. The minimum absolute atomic E-state index is 0.0491. The number of hydrogen-bond acceptors (Lipinski definition) is 7. The Bertz CT molecular complexity index is 1840. The fraction of sp³-hybridized carbons (Fsp3) is 0.316. The summed E-state index contributed by atoms with van der Waals surface area (Å²) >= 11 is 6.13. The molecule has 2 fully saturated rings. The van der Waals surface area contributed by atoms with Crippen LogP contribution in [-0.4, -0.2) is 66.5 Å². The Morgan fingerprint density at radius 2 is 1.61 bits per heavy atom. The Kier molecular flexibility index (Phi) is 9.25. The maximum absolute atomic E-state index is 12.7. The zero-order valence-electron chi connectivity index (χ0n) is 27.7. The molecule has 0 aliphatic carbocycles. The van der Waals surface area contributed by atoms with Crippen molar-refractivity contribution in [2.75, 3.05) is 52.7 Å². The van der Waals surface area contributed by atoms with Gasteiger partial charge in [0.05, 0.1) is 23.6 Å². The van der Waals surface area contributed by atoms with Crippen molar-refractivity contribution in [2.24, 2.45) is 0 Å². The molecule has 252 valence electrons. The Morgan fingerprint density at radius 1 is 0.898 bits per heavy atom. The second-order valence-electron chi connectivity index (χ2n) is 13.0. The molecule has 11 heteroatoms. The molecule has 0 radical (unpaired) electrons. The van der Waals surface area contributed by atoms with Crippen molar-refractivity contribution in [1.82, 2.24) is 15.2 Å². The molecular weight excluding hydrogens is 638 g/mol. The zero-order valence-corrected chi connectivity index (χ0v) is 28.5. The topological polar surface area (TPSA) is 101 Å². The first-order valence-corrected chi connectivity index (χ1v) is 17.2. The number of nitrogens with one attached hydrogen (secondary N) is 2. The van der Waals surface area contributed by atoms with Gasteiger partial charge in [-0.2, -0.15) is 0 Å². The van der Waals surface area contributed by atoms with Crippen LogP contribution in [0.5, 0.6) is 0 Å². The van der Waals surface area contributed by atoms with Gasteiger partial charge in [-0.05, 0) is 90.7 Å². The lowest BCUT2D eigenvalue weighted by Gasteiger charge is -2.40. The standard InChI is InChI=1S/C38H40ClN7O3/c1-25-21-35(41-30-8-6-29(39)7-9-30)34-22-28(5-14-36(34)46(25)26(2)47)27-3-11-32(12-4-27)44-19-17-43(18-20-44)24-31-10-13-33(23-40-31)45-16-15-37(48)42-38(45)49/h3-14,22-23,25,35,41H,15-21,24H2,1-2H3,(H,42,48,49). The number of pyridine rings is 1. The van der Waals surface area contributed by atoms with Crippen LogP contribution >= 0.6 is 11.6 Å². The molecule has 0 spiro atoms. The number of carbonyl (C=O) groups excluding carboxylic acids is 3. The highest BCUT2D eigenvalue weighted by molar-refractivity contribution is 6.30. The molecule has 3 aliphatic heterocycles. The predicted octanol–water partition coefficient (Wildman–Crippen LogP) is 6.47. The van der Waals surface area contributed by atoms with Crippen LogP contribution in [0.3, 0.4) is 0 Å². The number of piperazine rings is 1. The first kappa shape index (κ1) is 32.6. The van der Waals surface area contributed by atoms with E-state index in [0.29, 0.717) is 23.7 Å². The van der Waals surface area contributed by atoms with E-state index in [1.54, 1.807) is 18.0 Å². The normalized spacial score (nSPS) is 19.8. The average Bonchev–Trinajstić information content (AvgIpc) is 3.10. The van der Waals surface area contributed by atoms with Crippen molar-refractivity contribution in [3.05, 3.63) is 101 Å². The summed E-state index contributed by atoms with van der Waals surface area (Å²) in [7, 11) is 0. The van der Waals surface area contributed by atoms with Crippen LogP contribution in [0.15, 0.2) is 85.1 Å². The monoisotopic (exact) mass is 677 g/mol. The van der Waals surface area contributed by atoms with Crippen molar-refractivity contribution in [1.29, 1.82) is 0 Å². The maximum atomic E-state index is 12.7. The summed E-state index contributed by atoms with van der Waals surface area (Å²) in [5.74, 6) is -0.196. The lowest BCUT2D eigenvalue weighted by Crippen LogP contribution is -2.49. The van der Waals surface area contributed by atoms with Gasteiger partial charge in [-0.25, -0.2) is 4.79 Å². The predicted molar refractivity (Wildman–Crippen MR) is 194 cm³/mol. The molecule has 10 nitrogen and oxygen atoms in total. The zero-order chi connectivity index (χ0) is 34.1. The maximum Gasteiger partial charge on any atom is 0.328 e. The van der Waals surface area contributed by atoms with E-state index in [9.17, 15) is 14.4 Å². The van der Waals surface area contributed by atoms with Crippen LogP contribution in [-0.2, 0) is 16.1 Å². The number of amides is 4. The van der Waals surface area contributed by atoms with E-state index < -0.39 is 6.03 Å². The Balaban J connectivity index is 0.995. The van der Waals surface area contributed by atoms with Gasteiger partial charge in [0, 0.05) is 80.7 Å². The number of imide groups is 1. The fourth-order valence-electron chi connectivity index (χ4n) is 7.15. The summed E-state index contributed by atoms with van der Waals surface area (Å²) in [6, 6.07) is 26.5. The molecule has 2 unspecified atom stereocenters. The molecular formula is C38H40ClN7O3. The van der Waals surface area contributed by atoms with E-state index in [1.165, 1.54) is 5.69 Å². The van der Waals surface area contributed by atoms with Crippen LogP contribution in [0.25, 0.3) is 11.1 Å². The molecule has 1 aromatic heterocycles. The summed E-state index contributed by atoms with van der Waals surface area (Å²) in [5.41, 5.74) is 8.14. The highest BCUT2D eigenvalue weighted by Crippen LogP contribution is 2.41. The highest BCUT2D eigenvalue weighted by atomic mass is 35.5. The summed E-state index contributed by atoms with van der Waals surface area (Å²) < 4.78 is 0. The number of halogens is 1. The molecule has 2 atom stereocenters. The van der Waals surface area contributed by atoms with Crippen molar-refractivity contribution < 1.29 is 14.4 Å². The Labute approximate surface area is 291 Å². The second kappa shape index (κ2) is 13.9. The molecule has 4 amide bonds. The fourth-order valence-corrected chi connectivity index (χ4v) is 7.27. The Morgan fingerprint density at radius 3 is 2.29 bits per heavy atom. The lowest BCUT2D eigenvalue weighted by atomic mass is 9.89. The van der Waals surface area contributed by atoms with Gasteiger partial charge in [0.15, 0.2) is 0 Å². The number of aromatic nitrogens is 1. The number of fused-ring (bicyclic) bond motifs is 1. The van der Waals surface area contributed by atoms with Crippen molar-refractivity contribution in [3.8, 4) is 11.1 Å². The van der Waals surface area contributed by atoms with Crippen LogP contribution in [0.4, 0.5) is 27.5 Å². The minimum atomic E-state index is -0.399. The molecule has 2 saturated heterocycles. The summed E-state index contributed by atoms with van der Waals surface area (Å²) in [4.78, 5) is 49.1. The molecule has 7 rings (SSSR count). The quantitative estimate of drug-likeness (QED) is 0.231. The van der Waals surface area contributed by atoms with E-state index in [-0.39, 0.29) is 23.9 Å². The van der Waals surface area contributed by atoms with E-state index in [1.807, 2.05) is 41.3 Å². The first-order valence-electron chi connectivity index (χ1n) is 16.8. The van der Waals surface area contributed by atoms with Crippen molar-refractivity contribution in [3.63, 3.8) is 0 Å². The number of anilines is 4. The Hall–Kier alpha value is -4.93. The van der Waals surface area contributed by atoms with Crippen LogP contribution in [0.1, 0.15) is 44.0 Å². The van der Waals surface area contributed by atoms with Crippen molar-refractivity contribution in [2.45, 2.75) is 45.3 Å². The molecule has 0 saturated carbocycles.